The van der Waals surface area contributed by atoms with Gasteiger partial charge in [0.25, 0.3) is 5.91 Å². The number of hydrogen-bond donors (Lipinski definition) is 1. The van der Waals surface area contributed by atoms with Gasteiger partial charge in [-0.1, -0.05) is 12.1 Å². The second-order valence-corrected chi connectivity index (χ2v) is 7.97. The molecule has 2 amide bonds. The van der Waals surface area contributed by atoms with Crippen molar-refractivity contribution in [1.29, 1.82) is 0 Å². The van der Waals surface area contributed by atoms with E-state index in [2.05, 4.69) is 18.7 Å². The minimum atomic E-state index is -0.344. The summed E-state index contributed by atoms with van der Waals surface area (Å²) in [4.78, 5) is 28.5. The molecule has 1 aromatic carbocycles. The van der Waals surface area contributed by atoms with Gasteiger partial charge in [-0.2, -0.15) is 0 Å². The zero-order valence-corrected chi connectivity index (χ0v) is 16.4. The average molecular weight is 373 g/mol. The summed E-state index contributed by atoms with van der Waals surface area (Å²) in [7, 11) is 0. The molecule has 6 nitrogen and oxygen atoms in total. The maximum absolute atomic E-state index is 12.9. The Labute approximate surface area is 161 Å². The molecule has 0 aromatic heterocycles. The Bertz CT molecular complexity index is 651. The van der Waals surface area contributed by atoms with Gasteiger partial charge in [-0.25, -0.2) is 0 Å². The number of primary amides is 1. The summed E-state index contributed by atoms with van der Waals surface area (Å²) < 4.78 is 5.78. The highest BCUT2D eigenvalue weighted by atomic mass is 16.5. The van der Waals surface area contributed by atoms with E-state index < -0.39 is 0 Å². The number of likely N-dealkylation sites (tertiary alicyclic amines) is 1. The summed E-state index contributed by atoms with van der Waals surface area (Å²) in [6, 6.07) is 7.80. The number of nitrogens with two attached hydrogens (primary N) is 1. The van der Waals surface area contributed by atoms with Crippen molar-refractivity contribution >= 4 is 11.8 Å². The predicted octanol–water partition coefficient (Wildman–Crippen LogP) is 2.17. The lowest BCUT2D eigenvalue weighted by molar-refractivity contribution is -0.119. The zero-order chi connectivity index (χ0) is 19.4. The molecule has 1 aromatic rings. The van der Waals surface area contributed by atoms with Crippen molar-refractivity contribution in [2.75, 3.05) is 19.6 Å². The number of piperidine rings is 1. The van der Waals surface area contributed by atoms with Crippen LogP contribution in [0.25, 0.3) is 0 Å². The highest BCUT2D eigenvalue weighted by Crippen LogP contribution is 2.22. The molecule has 2 saturated heterocycles. The molecule has 2 fully saturated rings. The van der Waals surface area contributed by atoms with E-state index in [-0.39, 0.29) is 36.5 Å². The number of rotatable bonds is 5. The van der Waals surface area contributed by atoms with Crippen molar-refractivity contribution in [2.24, 2.45) is 5.73 Å². The predicted molar refractivity (Wildman–Crippen MR) is 104 cm³/mol. The maximum Gasteiger partial charge on any atom is 0.254 e. The molecule has 6 heteroatoms. The smallest absolute Gasteiger partial charge is 0.254 e. The highest BCUT2D eigenvalue weighted by molar-refractivity contribution is 5.94. The normalized spacial score (nSPS) is 26.7. The molecule has 0 radical (unpaired) electrons. The standard InChI is InChI=1S/C21H31N3O3/c1-15-12-23(13-16(2)27-15)14-17-6-8-18(9-7-17)21(26)24-10-4-3-5-19(24)11-20(22)25/h6-9,15-16,19H,3-5,10-14H2,1-2H3,(H2,22,25). The Morgan fingerprint density at radius 2 is 1.78 bits per heavy atom. The third-order valence-electron chi connectivity index (χ3n) is 5.43. The first-order valence-corrected chi connectivity index (χ1v) is 9.98. The molecule has 3 atom stereocenters. The van der Waals surface area contributed by atoms with Crippen LogP contribution in [-0.4, -0.2) is 59.5 Å². The van der Waals surface area contributed by atoms with Crippen LogP contribution >= 0.6 is 0 Å². The van der Waals surface area contributed by atoms with Gasteiger partial charge in [-0.3, -0.25) is 14.5 Å². The summed E-state index contributed by atoms with van der Waals surface area (Å²) >= 11 is 0. The van der Waals surface area contributed by atoms with Gasteiger partial charge in [-0.05, 0) is 50.8 Å². The number of benzene rings is 1. The van der Waals surface area contributed by atoms with Crippen LogP contribution in [0.1, 0.15) is 55.5 Å². The van der Waals surface area contributed by atoms with Crippen LogP contribution in [0.5, 0.6) is 0 Å². The fourth-order valence-corrected chi connectivity index (χ4v) is 4.30. The van der Waals surface area contributed by atoms with Crippen LogP contribution in [0.15, 0.2) is 24.3 Å². The van der Waals surface area contributed by atoms with Gasteiger partial charge in [0.2, 0.25) is 5.91 Å². The third-order valence-corrected chi connectivity index (χ3v) is 5.43. The molecule has 0 spiro atoms. The van der Waals surface area contributed by atoms with E-state index in [1.807, 2.05) is 29.2 Å². The van der Waals surface area contributed by atoms with Crippen LogP contribution in [0.4, 0.5) is 0 Å². The number of nitrogens with zero attached hydrogens (tertiary/aromatic N) is 2. The second kappa shape index (κ2) is 8.85. The van der Waals surface area contributed by atoms with E-state index in [1.165, 1.54) is 5.56 Å². The monoisotopic (exact) mass is 373 g/mol. The van der Waals surface area contributed by atoms with E-state index in [0.717, 1.165) is 38.9 Å². The van der Waals surface area contributed by atoms with Crippen molar-refractivity contribution < 1.29 is 14.3 Å². The Hall–Kier alpha value is -1.92. The van der Waals surface area contributed by atoms with Crippen molar-refractivity contribution in [3.63, 3.8) is 0 Å². The fourth-order valence-electron chi connectivity index (χ4n) is 4.30. The van der Waals surface area contributed by atoms with Gasteiger partial charge in [-0.15, -0.1) is 0 Å². The first-order valence-electron chi connectivity index (χ1n) is 9.98. The minimum absolute atomic E-state index is 0.00103. The number of carbonyl (C=O) groups is 2. The van der Waals surface area contributed by atoms with E-state index in [0.29, 0.717) is 12.1 Å². The maximum atomic E-state index is 12.9. The molecule has 3 rings (SSSR count). The van der Waals surface area contributed by atoms with E-state index >= 15 is 0 Å². The van der Waals surface area contributed by atoms with Crippen LogP contribution in [0.2, 0.25) is 0 Å². The van der Waals surface area contributed by atoms with Crippen LogP contribution in [0, 0.1) is 0 Å². The Kier molecular flexibility index (Phi) is 6.50. The summed E-state index contributed by atoms with van der Waals surface area (Å²) in [6.07, 6.45) is 3.60. The molecule has 3 unspecified atom stereocenters. The number of carbonyl (C=O) groups excluding carboxylic acids is 2. The van der Waals surface area contributed by atoms with Crippen molar-refractivity contribution in [3.8, 4) is 0 Å². The zero-order valence-electron chi connectivity index (χ0n) is 16.4. The van der Waals surface area contributed by atoms with Crippen molar-refractivity contribution in [2.45, 2.75) is 64.3 Å². The van der Waals surface area contributed by atoms with E-state index in [4.69, 9.17) is 10.5 Å². The molecule has 2 aliphatic heterocycles. The number of ether oxygens (including phenoxy) is 1. The second-order valence-electron chi connectivity index (χ2n) is 7.97. The van der Waals surface area contributed by atoms with Gasteiger partial charge in [0.05, 0.1) is 12.2 Å². The van der Waals surface area contributed by atoms with Crippen LogP contribution in [-0.2, 0) is 16.1 Å². The molecule has 27 heavy (non-hydrogen) atoms. The number of morpholine rings is 1. The first-order chi connectivity index (χ1) is 12.9. The number of amides is 2. The average Bonchev–Trinajstić information content (AvgIpc) is 2.61. The minimum Gasteiger partial charge on any atom is -0.373 e. The lowest BCUT2D eigenvalue weighted by Gasteiger charge is -2.36. The molecule has 2 aliphatic rings. The van der Waals surface area contributed by atoms with Gasteiger partial charge in [0.1, 0.15) is 0 Å². The lowest BCUT2D eigenvalue weighted by atomic mass is 9.97. The number of hydrogen-bond acceptors (Lipinski definition) is 4. The topological polar surface area (TPSA) is 75.9 Å². The molecule has 2 heterocycles. The third kappa shape index (κ3) is 5.30. The SMILES string of the molecule is CC1CN(Cc2ccc(C(=O)N3CCCCC3CC(N)=O)cc2)CC(C)O1. The highest BCUT2D eigenvalue weighted by Gasteiger charge is 2.28. The lowest BCUT2D eigenvalue weighted by Crippen LogP contribution is -2.45. The van der Waals surface area contributed by atoms with E-state index in [9.17, 15) is 9.59 Å². The molecule has 2 N–H and O–H groups in total. The molecular weight excluding hydrogens is 342 g/mol. The fraction of sp³-hybridized carbons (Fsp3) is 0.619. The van der Waals surface area contributed by atoms with Gasteiger partial charge in [0.15, 0.2) is 0 Å². The van der Waals surface area contributed by atoms with Crippen molar-refractivity contribution in [3.05, 3.63) is 35.4 Å². The van der Waals surface area contributed by atoms with Crippen molar-refractivity contribution in [1.82, 2.24) is 9.80 Å². The quantitative estimate of drug-likeness (QED) is 0.858. The molecule has 148 valence electrons. The van der Waals surface area contributed by atoms with Gasteiger partial charge in [0, 0.05) is 44.2 Å². The molecule has 0 aliphatic carbocycles. The summed E-state index contributed by atoms with van der Waals surface area (Å²) in [5.41, 5.74) is 7.24. The van der Waals surface area contributed by atoms with Crippen LogP contribution < -0.4 is 5.73 Å². The summed E-state index contributed by atoms with van der Waals surface area (Å²) in [5, 5.41) is 0. The Balaban J connectivity index is 1.63. The van der Waals surface area contributed by atoms with Gasteiger partial charge < -0.3 is 15.4 Å². The Morgan fingerprint density at radius 3 is 2.41 bits per heavy atom. The van der Waals surface area contributed by atoms with Crippen LogP contribution in [0.3, 0.4) is 0 Å². The summed E-state index contributed by atoms with van der Waals surface area (Å²) in [5.74, 6) is -0.342. The molecular formula is C21H31N3O3. The van der Waals surface area contributed by atoms with Gasteiger partial charge >= 0.3 is 0 Å². The summed E-state index contributed by atoms with van der Waals surface area (Å²) in [6.45, 7) is 7.61. The molecule has 0 bridgehead atoms. The largest absolute Gasteiger partial charge is 0.373 e. The molecule has 0 saturated carbocycles. The first kappa shape index (κ1) is 19.8. The van der Waals surface area contributed by atoms with E-state index in [1.54, 1.807) is 0 Å². The Morgan fingerprint density at radius 1 is 1.11 bits per heavy atom.